The lowest BCUT2D eigenvalue weighted by molar-refractivity contribution is -0.110. The van der Waals surface area contributed by atoms with E-state index < -0.39 is 17.7 Å². The second kappa shape index (κ2) is 8.06. The van der Waals surface area contributed by atoms with Crippen LogP contribution in [0.25, 0.3) is 11.1 Å². The van der Waals surface area contributed by atoms with Crippen molar-refractivity contribution in [1.29, 1.82) is 0 Å². The maximum atomic E-state index is 13.5. The van der Waals surface area contributed by atoms with Crippen molar-refractivity contribution in [2.45, 2.75) is 12.5 Å². The summed E-state index contributed by atoms with van der Waals surface area (Å²) in [6, 6.07) is 13.6. The Balaban J connectivity index is 2.00. The lowest BCUT2D eigenvalue weighted by atomic mass is 9.95. The first-order valence-electron chi connectivity index (χ1n) is 7.92. The molecule has 0 radical (unpaired) electrons. The van der Waals surface area contributed by atoms with Gasteiger partial charge >= 0.3 is 0 Å². The molecule has 3 rings (SSSR count). The zero-order valence-corrected chi connectivity index (χ0v) is 14.4. The van der Waals surface area contributed by atoms with Gasteiger partial charge in [0.25, 0.3) is 0 Å². The fraction of sp³-hybridized carbons (Fsp3) is 0.100. The summed E-state index contributed by atoms with van der Waals surface area (Å²) in [5.41, 5.74) is 2.71. The Labute approximate surface area is 154 Å². The number of hydrogen-bond acceptors (Lipinski definition) is 2. The van der Waals surface area contributed by atoms with Gasteiger partial charge in [-0.25, -0.2) is 8.78 Å². The van der Waals surface area contributed by atoms with Gasteiger partial charge in [-0.15, -0.1) is 0 Å². The van der Waals surface area contributed by atoms with Crippen LogP contribution in [-0.2, 0) is 11.2 Å². The minimum atomic E-state index is -0.663. The van der Waals surface area contributed by atoms with Crippen LogP contribution in [0.4, 0.5) is 8.78 Å². The van der Waals surface area contributed by atoms with Crippen molar-refractivity contribution >= 4 is 18.0 Å². The number of halogens is 3. The Bertz CT molecular complexity index is 896. The fourth-order valence-electron chi connectivity index (χ4n) is 2.85. The standard InChI is InChI=1S/C20H15ClF2N2O/c21-15-5-3-14(4-6-15)18-2-1-7-24-20(18)19(25-12-26)10-13-8-16(22)11-17(23)9-13/h1-9,11-12,19H,10H2,(H,25,26). The molecule has 0 saturated carbocycles. The molecule has 6 heteroatoms. The van der Waals surface area contributed by atoms with E-state index in [2.05, 4.69) is 10.3 Å². The van der Waals surface area contributed by atoms with E-state index in [9.17, 15) is 13.6 Å². The maximum absolute atomic E-state index is 13.5. The average Bonchev–Trinajstić information content (AvgIpc) is 2.61. The molecule has 0 aliphatic rings. The van der Waals surface area contributed by atoms with Crippen LogP contribution in [0.5, 0.6) is 0 Å². The Morgan fingerprint density at radius 3 is 2.42 bits per heavy atom. The van der Waals surface area contributed by atoms with Gasteiger partial charge in [0.1, 0.15) is 11.6 Å². The number of amides is 1. The SMILES string of the molecule is O=CNC(Cc1cc(F)cc(F)c1)c1ncccc1-c1ccc(Cl)cc1. The predicted octanol–water partition coefficient (Wildman–Crippen LogP) is 4.71. The minimum Gasteiger partial charge on any atom is -0.350 e. The zero-order chi connectivity index (χ0) is 18.5. The van der Waals surface area contributed by atoms with Crippen LogP contribution in [0.3, 0.4) is 0 Å². The van der Waals surface area contributed by atoms with E-state index in [1.54, 1.807) is 24.4 Å². The van der Waals surface area contributed by atoms with Gasteiger partial charge in [-0.1, -0.05) is 29.8 Å². The Morgan fingerprint density at radius 2 is 1.77 bits per heavy atom. The lowest BCUT2D eigenvalue weighted by Crippen LogP contribution is -2.23. The number of carbonyl (C=O) groups excluding carboxylic acids is 1. The van der Waals surface area contributed by atoms with Crippen molar-refractivity contribution in [3.8, 4) is 11.1 Å². The van der Waals surface area contributed by atoms with Crippen LogP contribution >= 0.6 is 11.6 Å². The van der Waals surface area contributed by atoms with Crippen LogP contribution in [0.15, 0.2) is 60.8 Å². The van der Waals surface area contributed by atoms with Crippen LogP contribution in [0.2, 0.25) is 5.02 Å². The van der Waals surface area contributed by atoms with E-state index >= 15 is 0 Å². The summed E-state index contributed by atoms with van der Waals surface area (Å²) in [4.78, 5) is 15.5. The van der Waals surface area contributed by atoms with Crippen molar-refractivity contribution in [2.24, 2.45) is 0 Å². The first-order valence-corrected chi connectivity index (χ1v) is 8.30. The molecule has 3 aromatic rings. The summed E-state index contributed by atoms with van der Waals surface area (Å²) in [7, 11) is 0. The topological polar surface area (TPSA) is 42.0 Å². The van der Waals surface area contributed by atoms with Crippen LogP contribution in [-0.4, -0.2) is 11.4 Å². The van der Waals surface area contributed by atoms with Crippen LogP contribution in [0, 0.1) is 11.6 Å². The van der Waals surface area contributed by atoms with Crippen molar-refractivity contribution in [2.75, 3.05) is 0 Å². The summed E-state index contributed by atoms with van der Waals surface area (Å²) in [6.07, 6.45) is 2.37. The third kappa shape index (κ3) is 4.24. The summed E-state index contributed by atoms with van der Waals surface area (Å²) in [6.45, 7) is 0. The molecule has 1 atom stereocenters. The average molecular weight is 373 g/mol. The minimum absolute atomic E-state index is 0.199. The Kier molecular flexibility index (Phi) is 5.58. The Morgan fingerprint density at radius 1 is 1.08 bits per heavy atom. The molecular formula is C20H15ClF2N2O. The van der Waals surface area contributed by atoms with Gasteiger partial charge in [-0.3, -0.25) is 9.78 Å². The molecule has 2 aromatic carbocycles. The highest BCUT2D eigenvalue weighted by Gasteiger charge is 2.18. The predicted molar refractivity (Wildman–Crippen MR) is 96.7 cm³/mol. The molecule has 0 bridgehead atoms. The highest BCUT2D eigenvalue weighted by atomic mass is 35.5. The molecule has 1 N–H and O–H groups in total. The zero-order valence-electron chi connectivity index (χ0n) is 13.6. The number of rotatable bonds is 6. The monoisotopic (exact) mass is 372 g/mol. The number of carbonyl (C=O) groups is 1. The molecule has 0 saturated heterocycles. The van der Waals surface area contributed by atoms with Gasteiger partial charge in [-0.05, 0) is 47.9 Å². The van der Waals surface area contributed by atoms with Gasteiger partial charge in [0.05, 0.1) is 11.7 Å². The molecule has 0 aliphatic carbocycles. The number of nitrogens with one attached hydrogen (secondary N) is 1. The molecule has 1 aromatic heterocycles. The fourth-order valence-corrected chi connectivity index (χ4v) is 2.98. The molecule has 0 spiro atoms. The van der Waals surface area contributed by atoms with Crippen molar-refractivity contribution in [1.82, 2.24) is 10.3 Å². The highest BCUT2D eigenvalue weighted by molar-refractivity contribution is 6.30. The second-order valence-electron chi connectivity index (χ2n) is 5.76. The molecule has 26 heavy (non-hydrogen) atoms. The lowest BCUT2D eigenvalue weighted by Gasteiger charge is -2.19. The summed E-state index contributed by atoms with van der Waals surface area (Å²) in [5, 5.41) is 3.30. The second-order valence-corrected chi connectivity index (χ2v) is 6.20. The first-order chi connectivity index (χ1) is 12.6. The largest absolute Gasteiger partial charge is 0.350 e. The van der Waals surface area contributed by atoms with Crippen LogP contribution < -0.4 is 5.32 Å². The number of aromatic nitrogens is 1. The molecule has 0 fully saturated rings. The number of nitrogens with zero attached hydrogens (tertiary/aromatic N) is 1. The molecule has 1 unspecified atom stereocenters. The van der Waals surface area contributed by atoms with E-state index in [1.807, 2.05) is 18.2 Å². The van der Waals surface area contributed by atoms with Gasteiger partial charge in [0.2, 0.25) is 6.41 Å². The van der Waals surface area contributed by atoms with E-state index in [0.717, 1.165) is 17.2 Å². The quantitative estimate of drug-likeness (QED) is 0.637. The summed E-state index contributed by atoms with van der Waals surface area (Å²) in [5.74, 6) is -1.33. The van der Waals surface area contributed by atoms with Crippen LogP contribution in [0.1, 0.15) is 17.3 Å². The van der Waals surface area contributed by atoms with Crippen molar-refractivity contribution < 1.29 is 13.6 Å². The van der Waals surface area contributed by atoms with E-state index in [-0.39, 0.29) is 6.42 Å². The molecule has 1 amide bonds. The number of pyridine rings is 1. The van der Waals surface area contributed by atoms with E-state index in [1.165, 1.54) is 12.1 Å². The van der Waals surface area contributed by atoms with Gasteiger partial charge in [-0.2, -0.15) is 0 Å². The summed E-state index contributed by atoms with van der Waals surface area (Å²) >= 11 is 5.94. The first kappa shape index (κ1) is 18.0. The maximum Gasteiger partial charge on any atom is 0.207 e. The smallest absolute Gasteiger partial charge is 0.207 e. The Hall–Kier alpha value is -2.79. The van der Waals surface area contributed by atoms with Gasteiger partial charge in [0.15, 0.2) is 0 Å². The summed E-state index contributed by atoms with van der Waals surface area (Å²) < 4.78 is 27.0. The van der Waals surface area contributed by atoms with Gasteiger partial charge in [0, 0.05) is 22.8 Å². The third-order valence-electron chi connectivity index (χ3n) is 3.96. The van der Waals surface area contributed by atoms with Crippen molar-refractivity contribution in [3.05, 3.63) is 88.7 Å². The van der Waals surface area contributed by atoms with E-state index in [4.69, 9.17) is 11.6 Å². The molecule has 132 valence electrons. The molecular weight excluding hydrogens is 358 g/mol. The van der Waals surface area contributed by atoms with Crippen molar-refractivity contribution in [3.63, 3.8) is 0 Å². The highest BCUT2D eigenvalue weighted by Crippen LogP contribution is 2.29. The molecule has 3 nitrogen and oxygen atoms in total. The number of benzene rings is 2. The van der Waals surface area contributed by atoms with Gasteiger partial charge < -0.3 is 5.32 Å². The normalized spacial score (nSPS) is 11.8. The third-order valence-corrected chi connectivity index (χ3v) is 4.21. The van der Waals surface area contributed by atoms with E-state index in [0.29, 0.717) is 22.7 Å². The number of hydrogen-bond donors (Lipinski definition) is 1. The molecule has 0 aliphatic heterocycles. The molecule has 1 heterocycles.